The van der Waals surface area contributed by atoms with E-state index in [-0.39, 0.29) is 55.3 Å². The molecule has 0 saturated carbocycles. The van der Waals surface area contributed by atoms with Crippen molar-refractivity contribution in [2.75, 3.05) is 0 Å². The number of phenols is 2. The Labute approximate surface area is 399 Å². The lowest BCUT2D eigenvalue weighted by Crippen LogP contribution is -2.64. The maximum atomic E-state index is 12.6. The third-order valence-corrected chi connectivity index (χ3v) is 26.8. The van der Waals surface area contributed by atoms with Gasteiger partial charge in [0, 0.05) is 22.2 Å². The Kier molecular flexibility index (Phi) is 14.0. The number of rotatable bonds is 4. The van der Waals surface area contributed by atoms with Crippen molar-refractivity contribution in [2.24, 2.45) is 0 Å². The SMILES string of the molecule is CC(C)[Si]1(C(C)C)Oc2c3cc(C(C)(C)C)cc2Sc2cc(C(C)(C)C)cc(c2O[Si](C(C)C)(C(C)C)O1)Sc1cc(C(C)(C)C)cc(c1O)Sc1cc(C(C)(C)C)cc(c1O)S3. The molecule has 0 amide bonds. The Morgan fingerprint density at radius 1 is 0.365 bits per heavy atom. The summed E-state index contributed by atoms with van der Waals surface area (Å²) in [6.07, 6.45) is 0. The second kappa shape index (κ2) is 17.5. The van der Waals surface area contributed by atoms with E-state index in [0.717, 1.165) is 52.0 Å². The zero-order valence-electron chi connectivity index (χ0n) is 41.7. The zero-order chi connectivity index (χ0) is 47.2. The van der Waals surface area contributed by atoms with Crippen molar-refractivity contribution >= 4 is 64.2 Å². The van der Waals surface area contributed by atoms with E-state index in [4.69, 9.17) is 13.0 Å². The molecule has 10 bridgehead atoms. The number of hydrogen-bond donors (Lipinski definition) is 2. The highest BCUT2D eigenvalue weighted by Crippen LogP contribution is 2.59. The molecular weight excluding hydrogens is 889 g/mol. The predicted octanol–water partition coefficient (Wildman–Crippen LogP) is 17.5. The van der Waals surface area contributed by atoms with Crippen LogP contribution in [0.15, 0.2) is 87.7 Å². The van der Waals surface area contributed by atoms with Gasteiger partial charge in [-0.05, 0) is 92.4 Å². The molecule has 0 aromatic heterocycles. The first kappa shape index (κ1) is 50.3. The van der Waals surface area contributed by atoms with Crippen LogP contribution in [0.25, 0.3) is 0 Å². The van der Waals surface area contributed by atoms with Gasteiger partial charge in [-0.25, -0.2) is 0 Å². The largest absolute Gasteiger partial charge is 0.518 e. The van der Waals surface area contributed by atoms with Gasteiger partial charge >= 0.3 is 17.1 Å². The van der Waals surface area contributed by atoms with Crippen LogP contribution in [0.2, 0.25) is 22.2 Å². The average Bonchev–Trinajstić information content (AvgIpc) is 3.13. The van der Waals surface area contributed by atoms with Crippen LogP contribution in [0.1, 0.15) is 161 Å². The summed E-state index contributed by atoms with van der Waals surface area (Å²) >= 11 is 6.29. The molecule has 4 aromatic rings. The molecule has 0 aliphatic carbocycles. The number of hydrogen-bond acceptors (Lipinski definition) is 9. The van der Waals surface area contributed by atoms with Crippen LogP contribution in [-0.2, 0) is 25.8 Å². The van der Waals surface area contributed by atoms with Crippen LogP contribution < -0.4 is 8.85 Å². The van der Waals surface area contributed by atoms with E-state index in [2.05, 4.69) is 187 Å². The van der Waals surface area contributed by atoms with Crippen molar-refractivity contribution in [1.29, 1.82) is 0 Å². The summed E-state index contributed by atoms with van der Waals surface area (Å²) in [6, 6.07) is 17.7. The highest BCUT2D eigenvalue weighted by Gasteiger charge is 2.60. The molecule has 0 atom stereocenters. The Hall–Kier alpha value is -2.13. The van der Waals surface area contributed by atoms with E-state index < -0.39 is 17.1 Å². The molecule has 11 heteroatoms. The molecule has 0 radical (unpaired) electrons. The van der Waals surface area contributed by atoms with E-state index in [9.17, 15) is 10.2 Å². The van der Waals surface area contributed by atoms with Crippen LogP contribution in [0.3, 0.4) is 0 Å². The van der Waals surface area contributed by atoms with Crippen LogP contribution in [0, 0.1) is 0 Å². The molecule has 5 nitrogen and oxygen atoms in total. The van der Waals surface area contributed by atoms with Gasteiger partial charge in [0.05, 0.1) is 39.2 Å². The Morgan fingerprint density at radius 2 is 0.556 bits per heavy atom. The smallest absolute Gasteiger partial charge is 0.396 e. The highest BCUT2D eigenvalue weighted by atomic mass is 32.2. The molecule has 344 valence electrons. The fraction of sp³-hybridized carbons (Fsp3) is 0.538. The number of benzene rings is 4. The maximum Gasteiger partial charge on any atom is 0.396 e. The summed E-state index contributed by atoms with van der Waals surface area (Å²) < 4.78 is 23.9. The normalized spacial score (nSPS) is 16.8. The minimum atomic E-state index is -3.25. The molecule has 4 aromatic carbocycles. The van der Waals surface area contributed by atoms with Gasteiger partial charge in [-0.1, -0.05) is 186 Å². The summed E-state index contributed by atoms with van der Waals surface area (Å²) in [5.74, 6) is 2.00. The molecule has 2 aliphatic rings. The topological polar surface area (TPSA) is 68.2 Å². The Morgan fingerprint density at radius 3 is 0.762 bits per heavy atom. The first-order valence-electron chi connectivity index (χ1n) is 22.7. The Bertz CT molecular complexity index is 2160. The van der Waals surface area contributed by atoms with Crippen molar-refractivity contribution in [2.45, 2.75) is 221 Å². The monoisotopic (exact) mass is 962 g/mol. The summed E-state index contributed by atoms with van der Waals surface area (Å²) in [7, 11) is -6.50. The van der Waals surface area contributed by atoms with Gasteiger partial charge in [-0.3, -0.25) is 0 Å². The van der Waals surface area contributed by atoms with Gasteiger partial charge in [0.2, 0.25) is 0 Å². The first-order valence-corrected chi connectivity index (χ1v) is 29.9. The molecule has 2 aliphatic heterocycles. The third-order valence-electron chi connectivity index (χ3n) is 12.5. The number of phenolic OH excluding ortho intramolecular Hbond substituents is 2. The van der Waals surface area contributed by atoms with Gasteiger partial charge in [0.15, 0.2) is 0 Å². The minimum Gasteiger partial charge on any atom is -0.518 e. The molecule has 2 heterocycles. The molecular formula is C52H74O5S4Si2. The third kappa shape index (κ3) is 9.96. The molecule has 6 rings (SSSR count). The lowest BCUT2D eigenvalue weighted by Gasteiger charge is -2.48. The molecule has 0 saturated heterocycles. The quantitative estimate of drug-likeness (QED) is 0.171. The van der Waals surface area contributed by atoms with Crippen molar-refractivity contribution in [1.82, 2.24) is 0 Å². The van der Waals surface area contributed by atoms with Crippen LogP contribution in [-0.4, -0.2) is 27.3 Å². The minimum absolute atomic E-state index is 0.0706. The van der Waals surface area contributed by atoms with Crippen LogP contribution >= 0.6 is 47.0 Å². The second-order valence-corrected chi connectivity index (χ2v) is 36.1. The average molecular weight is 964 g/mol. The van der Waals surface area contributed by atoms with E-state index in [1.807, 2.05) is 0 Å². The van der Waals surface area contributed by atoms with Gasteiger partial charge in [0.1, 0.15) is 23.0 Å². The van der Waals surface area contributed by atoms with Crippen molar-refractivity contribution in [3.05, 3.63) is 70.8 Å². The molecule has 63 heavy (non-hydrogen) atoms. The fourth-order valence-electron chi connectivity index (χ4n) is 8.23. The fourth-order valence-corrected chi connectivity index (χ4v) is 23.8. The van der Waals surface area contributed by atoms with Crippen LogP contribution in [0.4, 0.5) is 0 Å². The lowest BCUT2D eigenvalue weighted by atomic mass is 9.87. The first-order chi connectivity index (χ1) is 28.8. The van der Waals surface area contributed by atoms with Crippen molar-refractivity contribution in [3.63, 3.8) is 0 Å². The molecule has 0 unspecified atom stereocenters. The standard InChI is InChI=1S/C52H74O5S4Si2/c1-29(2)62(30(3)4)55-47-41-25-35(51(15,16)17)27-43(47)61-44-28-36(52(18,19)20)26-42(48(44)56-63(57-62,31(5)6)32(7)8)60-40-24-34(50(12,13)14)22-38(46(40)54)58-37-21-33(49(9,10)11)23-39(59-41)45(37)53/h21-32,53-54H,1-20H3. The molecule has 2 N–H and O–H groups in total. The zero-order valence-corrected chi connectivity index (χ0v) is 46.9. The van der Waals surface area contributed by atoms with Crippen LogP contribution in [0.5, 0.6) is 23.0 Å². The summed E-state index contributed by atoms with van der Waals surface area (Å²) in [5.41, 5.74) is 3.97. The predicted molar refractivity (Wildman–Crippen MR) is 275 cm³/mol. The number of fused-ring (bicyclic) bond motifs is 4. The van der Waals surface area contributed by atoms with E-state index in [1.54, 1.807) is 35.3 Å². The van der Waals surface area contributed by atoms with Gasteiger partial charge in [-0.2, -0.15) is 0 Å². The Balaban J connectivity index is 1.89. The lowest BCUT2D eigenvalue weighted by molar-refractivity contribution is 0.266. The van der Waals surface area contributed by atoms with Gasteiger partial charge in [-0.15, -0.1) is 0 Å². The van der Waals surface area contributed by atoms with E-state index in [0.29, 0.717) is 9.79 Å². The molecule has 0 spiro atoms. The summed E-state index contributed by atoms with van der Waals surface area (Å²) in [5, 5.41) is 25.1. The van der Waals surface area contributed by atoms with Gasteiger partial charge in [0.25, 0.3) is 0 Å². The number of aromatic hydroxyl groups is 2. The summed E-state index contributed by atoms with van der Waals surface area (Å²) in [6.45, 7) is 45.0. The van der Waals surface area contributed by atoms with Crippen molar-refractivity contribution in [3.8, 4) is 23.0 Å². The molecule has 0 fully saturated rings. The summed E-state index contributed by atoms with van der Waals surface area (Å²) in [4.78, 5) is 6.76. The highest BCUT2D eigenvalue weighted by molar-refractivity contribution is 8.01. The second-order valence-electron chi connectivity index (χ2n) is 23.0. The maximum absolute atomic E-state index is 12.6. The van der Waals surface area contributed by atoms with Gasteiger partial charge < -0.3 is 23.2 Å². The van der Waals surface area contributed by atoms with E-state index in [1.165, 1.54) is 22.9 Å². The van der Waals surface area contributed by atoms with E-state index >= 15 is 0 Å². The van der Waals surface area contributed by atoms with Crippen molar-refractivity contribution < 1.29 is 23.2 Å².